The predicted molar refractivity (Wildman–Crippen MR) is 72.1 cm³/mol. The van der Waals surface area contributed by atoms with E-state index in [1.165, 1.54) is 12.1 Å². The maximum absolute atomic E-state index is 13.4. The molecule has 0 aromatic heterocycles. The Hall–Kier alpha value is -2.84. The second kappa shape index (κ2) is 6.51. The van der Waals surface area contributed by atoms with E-state index >= 15 is 0 Å². The van der Waals surface area contributed by atoms with Crippen molar-refractivity contribution in [2.45, 2.75) is 6.36 Å². The van der Waals surface area contributed by atoms with Crippen molar-refractivity contribution in [3.8, 4) is 5.75 Å². The zero-order chi connectivity index (χ0) is 17.0. The molecule has 2 amide bonds. The van der Waals surface area contributed by atoms with E-state index in [2.05, 4.69) is 15.4 Å². The van der Waals surface area contributed by atoms with Crippen LogP contribution in [0.15, 0.2) is 42.5 Å². The molecule has 122 valence electrons. The molecule has 0 spiro atoms. The van der Waals surface area contributed by atoms with Gasteiger partial charge in [-0.15, -0.1) is 13.2 Å². The number of benzene rings is 2. The predicted octanol–water partition coefficient (Wildman–Crippen LogP) is 4.51. The molecule has 0 radical (unpaired) electrons. The van der Waals surface area contributed by atoms with Gasteiger partial charge in [-0.2, -0.15) is 0 Å². The van der Waals surface area contributed by atoms with E-state index in [0.717, 1.165) is 24.3 Å². The largest absolute Gasteiger partial charge is 0.573 e. The van der Waals surface area contributed by atoms with E-state index in [4.69, 9.17) is 0 Å². The lowest BCUT2D eigenvalue weighted by atomic mass is 10.3. The summed E-state index contributed by atoms with van der Waals surface area (Å²) >= 11 is 0. The number of amides is 2. The summed E-state index contributed by atoms with van der Waals surface area (Å²) in [5.41, 5.74) is -0.0968. The van der Waals surface area contributed by atoms with Crippen LogP contribution in [0.4, 0.5) is 38.1 Å². The standard InChI is InChI=1S/C14H9F5N2O2/c15-8-1-6-12(11(16)7-8)21-13(22)20-9-2-4-10(5-3-9)23-14(17,18)19/h1-7H,(H2,20,21,22). The molecule has 9 heteroatoms. The third-order valence-corrected chi connectivity index (χ3v) is 2.53. The van der Waals surface area contributed by atoms with Gasteiger partial charge in [0.25, 0.3) is 0 Å². The number of urea groups is 1. The summed E-state index contributed by atoms with van der Waals surface area (Å²) in [5.74, 6) is -2.21. The van der Waals surface area contributed by atoms with E-state index in [0.29, 0.717) is 6.07 Å². The van der Waals surface area contributed by atoms with Crippen LogP contribution in [0.3, 0.4) is 0 Å². The maximum Gasteiger partial charge on any atom is 0.573 e. The second-order valence-corrected chi connectivity index (χ2v) is 4.28. The molecule has 0 unspecified atom stereocenters. The van der Waals surface area contributed by atoms with Crippen molar-refractivity contribution in [2.75, 3.05) is 10.6 Å². The fourth-order valence-electron chi connectivity index (χ4n) is 1.62. The van der Waals surface area contributed by atoms with E-state index in [9.17, 15) is 26.7 Å². The normalized spacial score (nSPS) is 11.0. The first kappa shape index (κ1) is 16.5. The highest BCUT2D eigenvalue weighted by atomic mass is 19.4. The molecule has 0 bridgehead atoms. The summed E-state index contributed by atoms with van der Waals surface area (Å²) in [5, 5.41) is 4.41. The third-order valence-electron chi connectivity index (χ3n) is 2.53. The monoisotopic (exact) mass is 332 g/mol. The zero-order valence-corrected chi connectivity index (χ0v) is 11.2. The average molecular weight is 332 g/mol. The number of ether oxygens (including phenoxy) is 1. The van der Waals surface area contributed by atoms with Crippen molar-refractivity contribution < 1.29 is 31.5 Å². The van der Waals surface area contributed by atoms with Gasteiger partial charge in [0, 0.05) is 11.8 Å². The fraction of sp³-hybridized carbons (Fsp3) is 0.0714. The van der Waals surface area contributed by atoms with Crippen LogP contribution in [-0.2, 0) is 0 Å². The van der Waals surface area contributed by atoms with Gasteiger partial charge in [-0.05, 0) is 36.4 Å². The molecule has 0 saturated heterocycles. The highest BCUT2D eigenvalue weighted by molar-refractivity contribution is 5.99. The fourth-order valence-corrected chi connectivity index (χ4v) is 1.62. The van der Waals surface area contributed by atoms with Gasteiger partial charge in [0.2, 0.25) is 0 Å². The summed E-state index contributed by atoms with van der Waals surface area (Å²) in [6.45, 7) is 0. The van der Waals surface area contributed by atoms with Crippen LogP contribution < -0.4 is 15.4 Å². The van der Waals surface area contributed by atoms with Gasteiger partial charge in [0.1, 0.15) is 17.4 Å². The summed E-state index contributed by atoms with van der Waals surface area (Å²) in [6.07, 6.45) is -4.81. The number of hydrogen-bond donors (Lipinski definition) is 2. The summed E-state index contributed by atoms with van der Waals surface area (Å²) in [6, 6.07) is 6.08. The molecule has 23 heavy (non-hydrogen) atoms. The van der Waals surface area contributed by atoms with Gasteiger partial charge in [-0.3, -0.25) is 0 Å². The lowest BCUT2D eigenvalue weighted by molar-refractivity contribution is -0.274. The van der Waals surface area contributed by atoms with E-state index in [1.807, 2.05) is 0 Å². The quantitative estimate of drug-likeness (QED) is 0.813. The number of carbonyl (C=O) groups is 1. The Morgan fingerprint density at radius 1 is 0.957 bits per heavy atom. The Kier molecular flexibility index (Phi) is 4.68. The Labute approximate surface area is 126 Å². The number of halogens is 5. The second-order valence-electron chi connectivity index (χ2n) is 4.28. The minimum Gasteiger partial charge on any atom is -0.406 e. The highest BCUT2D eigenvalue weighted by Gasteiger charge is 2.30. The maximum atomic E-state index is 13.4. The van der Waals surface area contributed by atoms with Crippen molar-refractivity contribution in [1.82, 2.24) is 0 Å². The average Bonchev–Trinajstić information content (AvgIpc) is 2.42. The summed E-state index contributed by atoms with van der Waals surface area (Å²) in [4.78, 5) is 11.6. The molecule has 2 N–H and O–H groups in total. The van der Waals surface area contributed by atoms with Gasteiger partial charge < -0.3 is 15.4 Å². The van der Waals surface area contributed by atoms with Crippen molar-refractivity contribution in [2.24, 2.45) is 0 Å². The molecule has 0 saturated carbocycles. The Morgan fingerprint density at radius 3 is 2.17 bits per heavy atom. The first-order valence-electron chi connectivity index (χ1n) is 6.12. The van der Waals surface area contributed by atoms with Crippen molar-refractivity contribution in [3.63, 3.8) is 0 Å². The molecular formula is C14H9F5N2O2. The number of carbonyl (C=O) groups excluding carboxylic acids is 1. The van der Waals surface area contributed by atoms with Gasteiger partial charge in [-0.1, -0.05) is 0 Å². The molecule has 0 aliphatic rings. The topological polar surface area (TPSA) is 50.4 Å². The van der Waals surface area contributed by atoms with Gasteiger partial charge in [0.05, 0.1) is 5.69 Å². The van der Waals surface area contributed by atoms with E-state index in [1.54, 1.807) is 0 Å². The van der Waals surface area contributed by atoms with Crippen LogP contribution in [0, 0.1) is 11.6 Å². The SMILES string of the molecule is O=C(Nc1ccc(OC(F)(F)F)cc1)Nc1ccc(F)cc1F. The van der Waals surface area contributed by atoms with Crippen LogP contribution in [-0.4, -0.2) is 12.4 Å². The minimum absolute atomic E-state index is 0.152. The van der Waals surface area contributed by atoms with Crippen LogP contribution in [0.5, 0.6) is 5.75 Å². The molecule has 0 aliphatic carbocycles. The van der Waals surface area contributed by atoms with Crippen molar-refractivity contribution in [3.05, 3.63) is 54.1 Å². The van der Waals surface area contributed by atoms with Gasteiger partial charge in [0.15, 0.2) is 0 Å². The number of nitrogens with one attached hydrogen (secondary N) is 2. The molecule has 0 atom stereocenters. The minimum atomic E-state index is -4.81. The van der Waals surface area contributed by atoms with Crippen molar-refractivity contribution in [1.29, 1.82) is 0 Å². The Bertz CT molecular complexity index is 701. The zero-order valence-electron chi connectivity index (χ0n) is 11.2. The molecule has 0 aliphatic heterocycles. The van der Waals surface area contributed by atoms with Crippen LogP contribution in [0.25, 0.3) is 0 Å². The van der Waals surface area contributed by atoms with E-state index in [-0.39, 0.29) is 11.4 Å². The van der Waals surface area contributed by atoms with Gasteiger partial charge >= 0.3 is 12.4 Å². The van der Waals surface area contributed by atoms with Crippen LogP contribution in [0.2, 0.25) is 0 Å². The number of anilines is 2. The third kappa shape index (κ3) is 5.13. The Balaban J connectivity index is 1.97. The van der Waals surface area contributed by atoms with Crippen molar-refractivity contribution >= 4 is 17.4 Å². The van der Waals surface area contributed by atoms with Gasteiger partial charge in [-0.25, -0.2) is 13.6 Å². The van der Waals surface area contributed by atoms with Crippen LogP contribution in [0.1, 0.15) is 0 Å². The van der Waals surface area contributed by atoms with E-state index < -0.39 is 29.8 Å². The molecule has 0 fully saturated rings. The molecule has 0 heterocycles. The lowest BCUT2D eigenvalue weighted by Crippen LogP contribution is -2.20. The molecule has 4 nitrogen and oxygen atoms in total. The highest BCUT2D eigenvalue weighted by Crippen LogP contribution is 2.24. The molecular weight excluding hydrogens is 323 g/mol. The molecule has 2 aromatic carbocycles. The summed E-state index contributed by atoms with van der Waals surface area (Å²) < 4.78 is 65.7. The number of hydrogen-bond acceptors (Lipinski definition) is 2. The lowest BCUT2D eigenvalue weighted by Gasteiger charge is -2.11. The summed E-state index contributed by atoms with van der Waals surface area (Å²) in [7, 11) is 0. The Morgan fingerprint density at radius 2 is 1.61 bits per heavy atom. The number of alkyl halides is 3. The molecule has 2 aromatic rings. The first-order valence-corrected chi connectivity index (χ1v) is 6.12. The first-order chi connectivity index (χ1) is 10.7. The number of rotatable bonds is 3. The molecule has 2 rings (SSSR count). The smallest absolute Gasteiger partial charge is 0.406 e. The van der Waals surface area contributed by atoms with Crippen LogP contribution >= 0.6 is 0 Å².